The summed E-state index contributed by atoms with van der Waals surface area (Å²) in [6.07, 6.45) is 1.72. The van der Waals surface area contributed by atoms with Gasteiger partial charge in [0.25, 0.3) is 0 Å². The molecule has 0 aromatic rings. The summed E-state index contributed by atoms with van der Waals surface area (Å²) in [5.41, 5.74) is 5.67. The average Bonchev–Trinajstić information content (AvgIpc) is 2.70. The Morgan fingerprint density at radius 2 is 2.21 bits per heavy atom. The van der Waals surface area contributed by atoms with Gasteiger partial charge in [0, 0.05) is 5.92 Å². The predicted octanol–water partition coefficient (Wildman–Crippen LogP) is 1.21. The molecule has 1 amide bonds. The molecule has 1 aliphatic carbocycles. The zero-order chi connectivity index (χ0) is 10.9. The zero-order valence-electron chi connectivity index (χ0n) is 8.96. The van der Waals surface area contributed by atoms with Crippen LogP contribution in [0, 0.1) is 11.3 Å². The van der Waals surface area contributed by atoms with E-state index in [1.54, 1.807) is 0 Å². The van der Waals surface area contributed by atoms with Crippen molar-refractivity contribution in [2.75, 3.05) is 0 Å². The Bertz CT molecular complexity index is 263. The van der Waals surface area contributed by atoms with Gasteiger partial charge in [-0.15, -0.1) is 0 Å². The lowest BCUT2D eigenvalue weighted by Crippen LogP contribution is -2.44. The first-order valence-corrected chi connectivity index (χ1v) is 5.39. The van der Waals surface area contributed by atoms with Gasteiger partial charge in [-0.3, -0.25) is 4.79 Å². The highest BCUT2D eigenvalue weighted by Crippen LogP contribution is 2.51. The van der Waals surface area contributed by atoms with Crippen LogP contribution in [-0.2, 0) is 4.79 Å². The van der Waals surface area contributed by atoms with Crippen LogP contribution < -0.4 is 11.1 Å². The highest BCUT2D eigenvalue weighted by atomic mass is 32.1. The first-order valence-electron chi connectivity index (χ1n) is 4.98. The molecule has 1 rings (SSSR count). The number of hydrogen-bond acceptors (Lipinski definition) is 2. The fourth-order valence-corrected chi connectivity index (χ4v) is 1.79. The number of carbonyl (C=O) groups excluding carboxylic acids is 1. The summed E-state index contributed by atoms with van der Waals surface area (Å²) in [4.78, 5) is 12.0. The van der Waals surface area contributed by atoms with Gasteiger partial charge in [-0.25, -0.2) is 0 Å². The quantitative estimate of drug-likeness (QED) is 0.692. The molecule has 4 heteroatoms. The lowest BCUT2D eigenvalue weighted by molar-refractivity contribution is -0.123. The van der Waals surface area contributed by atoms with Crippen LogP contribution >= 0.6 is 12.2 Å². The SMILES string of the molecule is CCC(NC(=O)C1CC1(C)C)C(N)=S. The Morgan fingerprint density at radius 1 is 1.71 bits per heavy atom. The van der Waals surface area contributed by atoms with Gasteiger partial charge < -0.3 is 11.1 Å². The van der Waals surface area contributed by atoms with Crippen molar-refractivity contribution in [2.45, 2.75) is 39.7 Å². The largest absolute Gasteiger partial charge is 0.392 e. The Labute approximate surface area is 90.4 Å². The molecule has 0 bridgehead atoms. The number of amides is 1. The van der Waals surface area contributed by atoms with E-state index in [1.807, 2.05) is 6.92 Å². The molecule has 3 nitrogen and oxygen atoms in total. The molecular formula is C10H18N2OS. The Kier molecular flexibility index (Phi) is 3.14. The number of nitrogens with one attached hydrogen (secondary N) is 1. The summed E-state index contributed by atoms with van der Waals surface area (Å²) in [6.45, 7) is 6.15. The number of hydrogen-bond donors (Lipinski definition) is 2. The van der Waals surface area contributed by atoms with Gasteiger partial charge in [0.05, 0.1) is 11.0 Å². The van der Waals surface area contributed by atoms with E-state index in [-0.39, 0.29) is 23.3 Å². The second kappa shape index (κ2) is 3.85. The van der Waals surface area contributed by atoms with Gasteiger partial charge in [-0.2, -0.15) is 0 Å². The normalized spacial score (nSPS) is 25.2. The molecule has 0 heterocycles. The van der Waals surface area contributed by atoms with Crippen LogP contribution in [0.3, 0.4) is 0 Å². The van der Waals surface area contributed by atoms with Gasteiger partial charge in [0.2, 0.25) is 5.91 Å². The first kappa shape index (κ1) is 11.4. The summed E-state index contributed by atoms with van der Waals surface area (Å²) in [5, 5.41) is 2.88. The maximum Gasteiger partial charge on any atom is 0.224 e. The molecule has 2 unspecified atom stereocenters. The maximum absolute atomic E-state index is 11.7. The third-order valence-electron chi connectivity index (χ3n) is 2.90. The van der Waals surface area contributed by atoms with Crippen molar-refractivity contribution in [3.05, 3.63) is 0 Å². The fourth-order valence-electron chi connectivity index (χ4n) is 1.56. The van der Waals surface area contributed by atoms with Crippen LogP contribution in [0.2, 0.25) is 0 Å². The Balaban J connectivity index is 2.45. The summed E-state index contributed by atoms with van der Waals surface area (Å²) in [5.74, 6) is 0.237. The van der Waals surface area contributed by atoms with E-state index < -0.39 is 0 Å². The van der Waals surface area contributed by atoms with E-state index in [9.17, 15) is 4.79 Å². The van der Waals surface area contributed by atoms with Crippen molar-refractivity contribution in [3.63, 3.8) is 0 Å². The number of rotatable bonds is 4. The molecule has 1 fully saturated rings. The van der Waals surface area contributed by atoms with Crippen LogP contribution in [0.4, 0.5) is 0 Å². The van der Waals surface area contributed by atoms with E-state index >= 15 is 0 Å². The Hall–Kier alpha value is -0.640. The molecule has 3 N–H and O–H groups in total. The van der Waals surface area contributed by atoms with Gasteiger partial charge in [-0.1, -0.05) is 33.0 Å². The molecule has 0 radical (unpaired) electrons. The van der Waals surface area contributed by atoms with Gasteiger partial charge in [0.15, 0.2) is 0 Å². The smallest absolute Gasteiger partial charge is 0.224 e. The summed E-state index contributed by atoms with van der Waals surface area (Å²) >= 11 is 4.86. The molecule has 1 saturated carbocycles. The van der Waals surface area contributed by atoms with E-state index in [1.165, 1.54) is 0 Å². The van der Waals surface area contributed by atoms with Crippen LogP contribution in [0.1, 0.15) is 33.6 Å². The lowest BCUT2D eigenvalue weighted by Gasteiger charge is -2.15. The summed E-state index contributed by atoms with van der Waals surface area (Å²) in [6, 6.07) is -0.145. The molecule has 0 spiro atoms. The van der Waals surface area contributed by atoms with Crippen LogP contribution in [0.5, 0.6) is 0 Å². The minimum atomic E-state index is -0.145. The van der Waals surface area contributed by atoms with Crippen LogP contribution in [-0.4, -0.2) is 16.9 Å². The third-order valence-corrected chi connectivity index (χ3v) is 3.18. The number of nitrogens with two attached hydrogens (primary N) is 1. The molecule has 14 heavy (non-hydrogen) atoms. The number of thiocarbonyl (C=S) groups is 1. The second-order valence-corrected chi connectivity index (χ2v) is 5.09. The van der Waals surface area contributed by atoms with Crippen molar-refractivity contribution in [2.24, 2.45) is 17.1 Å². The highest BCUT2D eigenvalue weighted by molar-refractivity contribution is 7.80. The van der Waals surface area contributed by atoms with E-state index in [4.69, 9.17) is 18.0 Å². The first-order chi connectivity index (χ1) is 6.38. The van der Waals surface area contributed by atoms with E-state index in [2.05, 4.69) is 19.2 Å². The van der Waals surface area contributed by atoms with Crippen molar-refractivity contribution >= 4 is 23.1 Å². The molecule has 0 aromatic heterocycles. The van der Waals surface area contributed by atoms with Crippen molar-refractivity contribution in [1.82, 2.24) is 5.32 Å². The third kappa shape index (κ3) is 2.44. The Morgan fingerprint density at radius 3 is 2.50 bits per heavy atom. The van der Waals surface area contributed by atoms with Crippen molar-refractivity contribution in [1.29, 1.82) is 0 Å². The monoisotopic (exact) mass is 214 g/mol. The van der Waals surface area contributed by atoms with Crippen LogP contribution in [0.25, 0.3) is 0 Å². The van der Waals surface area contributed by atoms with E-state index in [0.29, 0.717) is 4.99 Å². The molecule has 80 valence electrons. The van der Waals surface area contributed by atoms with Crippen molar-refractivity contribution < 1.29 is 4.79 Å². The predicted molar refractivity (Wildman–Crippen MR) is 60.9 cm³/mol. The molecular weight excluding hydrogens is 196 g/mol. The number of carbonyl (C=O) groups is 1. The van der Waals surface area contributed by atoms with E-state index in [0.717, 1.165) is 12.8 Å². The molecule has 1 aliphatic rings. The second-order valence-electron chi connectivity index (χ2n) is 4.62. The van der Waals surface area contributed by atoms with Crippen LogP contribution in [0.15, 0.2) is 0 Å². The minimum absolute atomic E-state index is 0.0923. The molecule has 0 aliphatic heterocycles. The highest BCUT2D eigenvalue weighted by Gasteiger charge is 2.50. The van der Waals surface area contributed by atoms with Gasteiger partial charge in [-0.05, 0) is 18.3 Å². The van der Waals surface area contributed by atoms with Gasteiger partial charge >= 0.3 is 0 Å². The topological polar surface area (TPSA) is 55.1 Å². The standard InChI is InChI=1S/C10H18N2OS/c1-4-7(8(11)14)12-9(13)6-5-10(6,2)3/h6-7H,4-5H2,1-3H3,(H2,11,14)(H,12,13). The van der Waals surface area contributed by atoms with Gasteiger partial charge in [0.1, 0.15) is 0 Å². The average molecular weight is 214 g/mol. The summed E-state index contributed by atoms with van der Waals surface area (Å²) in [7, 11) is 0. The molecule has 0 saturated heterocycles. The summed E-state index contributed by atoms with van der Waals surface area (Å²) < 4.78 is 0. The lowest BCUT2D eigenvalue weighted by atomic mass is 10.1. The molecule has 2 atom stereocenters. The maximum atomic E-state index is 11.7. The molecule has 0 aromatic carbocycles. The fraction of sp³-hybridized carbons (Fsp3) is 0.800. The minimum Gasteiger partial charge on any atom is -0.392 e. The van der Waals surface area contributed by atoms with Crippen molar-refractivity contribution in [3.8, 4) is 0 Å². The zero-order valence-corrected chi connectivity index (χ0v) is 9.78.